The molecule has 0 aliphatic rings. The molecule has 1 amide bonds. The molecule has 0 aromatic carbocycles. The molecule has 17 heavy (non-hydrogen) atoms. The van der Waals surface area contributed by atoms with Crippen LogP contribution in [0.15, 0.2) is 0 Å². The van der Waals surface area contributed by atoms with Gasteiger partial charge in [0.15, 0.2) is 0 Å². The van der Waals surface area contributed by atoms with Gasteiger partial charge in [-0.15, -0.1) is 0 Å². The molecule has 0 aliphatic carbocycles. The van der Waals surface area contributed by atoms with Gasteiger partial charge in [-0.1, -0.05) is 20.8 Å². The molecule has 0 bridgehead atoms. The second kappa shape index (κ2) is 9.77. The van der Waals surface area contributed by atoms with Crippen LogP contribution in [0, 0.1) is 5.92 Å². The zero-order valence-corrected chi connectivity index (χ0v) is 12.7. The number of thioether (sulfide) groups is 1. The van der Waals surface area contributed by atoms with E-state index in [2.05, 4.69) is 38.3 Å². The zero-order chi connectivity index (χ0) is 13.3. The van der Waals surface area contributed by atoms with E-state index in [4.69, 9.17) is 0 Å². The van der Waals surface area contributed by atoms with E-state index >= 15 is 0 Å². The highest BCUT2D eigenvalue weighted by Gasteiger charge is 2.14. The molecule has 0 saturated carbocycles. The van der Waals surface area contributed by atoms with Crippen LogP contribution in [0.2, 0.25) is 0 Å². The summed E-state index contributed by atoms with van der Waals surface area (Å²) in [5, 5.41) is 6.29. The van der Waals surface area contributed by atoms with Gasteiger partial charge in [-0.05, 0) is 31.9 Å². The SMILES string of the molecule is CCSCC(C)NC(C)C(=O)NCCC(C)C. The number of amides is 1. The summed E-state index contributed by atoms with van der Waals surface area (Å²) >= 11 is 1.90. The predicted octanol–water partition coefficient (Wildman–Crippen LogP) is 2.27. The first kappa shape index (κ1) is 16.8. The smallest absolute Gasteiger partial charge is 0.236 e. The number of hydrogen-bond donors (Lipinski definition) is 2. The molecule has 0 aliphatic heterocycles. The Bertz CT molecular complexity index is 210. The highest BCUT2D eigenvalue weighted by Crippen LogP contribution is 2.02. The second-order valence-electron chi connectivity index (χ2n) is 4.92. The molecule has 4 heteroatoms. The molecule has 0 radical (unpaired) electrons. The van der Waals surface area contributed by atoms with Crippen molar-refractivity contribution in [1.82, 2.24) is 10.6 Å². The third kappa shape index (κ3) is 9.48. The van der Waals surface area contributed by atoms with E-state index in [1.54, 1.807) is 0 Å². The molecular weight excluding hydrogens is 232 g/mol. The Balaban J connectivity index is 3.73. The van der Waals surface area contributed by atoms with Gasteiger partial charge in [0, 0.05) is 18.3 Å². The largest absolute Gasteiger partial charge is 0.355 e. The Morgan fingerprint density at radius 1 is 1.24 bits per heavy atom. The highest BCUT2D eigenvalue weighted by molar-refractivity contribution is 7.99. The molecule has 0 fully saturated rings. The van der Waals surface area contributed by atoms with Crippen molar-refractivity contribution in [3.05, 3.63) is 0 Å². The van der Waals surface area contributed by atoms with E-state index in [0.717, 1.165) is 24.5 Å². The van der Waals surface area contributed by atoms with Crippen LogP contribution in [0.1, 0.15) is 41.0 Å². The molecule has 0 heterocycles. The summed E-state index contributed by atoms with van der Waals surface area (Å²) in [6, 6.07) is 0.278. The van der Waals surface area contributed by atoms with Gasteiger partial charge in [-0.2, -0.15) is 11.8 Å². The maximum Gasteiger partial charge on any atom is 0.236 e. The quantitative estimate of drug-likeness (QED) is 0.668. The molecule has 3 nitrogen and oxygen atoms in total. The highest BCUT2D eigenvalue weighted by atomic mass is 32.2. The van der Waals surface area contributed by atoms with Crippen LogP contribution in [0.25, 0.3) is 0 Å². The maximum atomic E-state index is 11.8. The molecule has 2 unspecified atom stereocenters. The summed E-state index contributed by atoms with van der Waals surface area (Å²) in [4.78, 5) is 11.8. The minimum Gasteiger partial charge on any atom is -0.355 e. The predicted molar refractivity (Wildman–Crippen MR) is 77.5 cm³/mol. The van der Waals surface area contributed by atoms with Gasteiger partial charge < -0.3 is 10.6 Å². The zero-order valence-electron chi connectivity index (χ0n) is 11.9. The maximum absolute atomic E-state index is 11.8. The molecule has 0 aromatic rings. The number of carbonyl (C=O) groups is 1. The van der Waals surface area contributed by atoms with E-state index in [1.807, 2.05) is 18.7 Å². The topological polar surface area (TPSA) is 41.1 Å². The summed E-state index contributed by atoms with van der Waals surface area (Å²) in [7, 11) is 0. The van der Waals surface area contributed by atoms with Gasteiger partial charge in [0.1, 0.15) is 0 Å². The van der Waals surface area contributed by atoms with Crippen LogP contribution < -0.4 is 10.6 Å². The Hall–Kier alpha value is -0.220. The van der Waals surface area contributed by atoms with Crippen LogP contribution in [0.3, 0.4) is 0 Å². The Morgan fingerprint density at radius 3 is 2.41 bits per heavy atom. The normalized spacial score (nSPS) is 14.7. The lowest BCUT2D eigenvalue weighted by Gasteiger charge is -2.19. The summed E-state index contributed by atoms with van der Waals surface area (Å²) < 4.78 is 0. The lowest BCUT2D eigenvalue weighted by Crippen LogP contribution is -2.46. The van der Waals surface area contributed by atoms with Crippen LogP contribution in [-0.2, 0) is 4.79 Å². The van der Waals surface area contributed by atoms with Gasteiger partial charge in [-0.25, -0.2) is 0 Å². The van der Waals surface area contributed by atoms with Crippen molar-refractivity contribution in [3.8, 4) is 0 Å². The third-order valence-electron chi connectivity index (χ3n) is 2.52. The summed E-state index contributed by atoms with van der Waals surface area (Å²) in [5.41, 5.74) is 0. The number of carbonyl (C=O) groups excluding carboxylic acids is 1. The number of nitrogens with one attached hydrogen (secondary N) is 2. The van der Waals surface area contributed by atoms with Gasteiger partial charge in [0.05, 0.1) is 6.04 Å². The monoisotopic (exact) mass is 260 g/mol. The van der Waals surface area contributed by atoms with E-state index in [9.17, 15) is 4.79 Å². The molecule has 0 aromatic heterocycles. The van der Waals surface area contributed by atoms with E-state index in [0.29, 0.717) is 12.0 Å². The van der Waals surface area contributed by atoms with Gasteiger partial charge in [-0.3, -0.25) is 4.79 Å². The lowest BCUT2D eigenvalue weighted by atomic mass is 10.1. The number of hydrogen-bond acceptors (Lipinski definition) is 3. The second-order valence-corrected chi connectivity index (χ2v) is 6.24. The van der Waals surface area contributed by atoms with Crippen LogP contribution >= 0.6 is 11.8 Å². The van der Waals surface area contributed by atoms with E-state index in [-0.39, 0.29) is 11.9 Å². The third-order valence-corrected chi connectivity index (χ3v) is 3.66. The Labute approximate surface area is 111 Å². The number of rotatable bonds is 9. The van der Waals surface area contributed by atoms with Crippen molar-refractivity contribution in [3.63, 3.8) is 0 Å². The van der Waals surface area contributed by atoms with Crippen LogP contribution in [0.4, 0.5) is 0 Å². The van der Waals surface area contributed by atoms with Crippen molar-refractivity contribution in [2.45, 2.75) is 53.1 Å². The van der Waals surface area contributed by atoms with Gasteiger partial charge >= 0.3 is 0 Å². The van der Waals surface area contributed by atoms with Crippen LogP contribution in [0.5, 0.6) is 0 Å². The first-order chi connectivity index (χ1) is 7.97. The molecule has 0 spiro atoms. The van der Waals surface area contributed by atoms with E-state index in [1.165, 1.54) is 0 Å². The fourth-order valence-corrected chi connectivity index (χ4v) is 2.17. The van der Waals surface area contributed by atoms with Crippen molar-refractivity contribution in [1.29, 1.82) is 0 Å². The average molecular weight is 260 g/mol. The van der Waals surface area contributed by atoms with Crippen molar-refractivity contribution >= 4 is 17.7 Å². The average Bonchev–Trinajstić information content (AvgIpc) is 2.25. The molecule has 0 rings (SSSR count). The fourth-order valence-electron chi connectivity index (χ4n) is 1.48. The molecular formula is C13H28N2OS. The minimum absolute atomic E-state index is 0.102. The van der Waals surface area contributed by atoms with Crippen LogP contribution in [-0.4, -0.2) is 36.0 Å². The summed E-state index contributed by atoms with van der Waals surface area (Å²) in [6.07, 6.45) is 1.04. The van der Waals surface area contributed by atoms with Crippen molar-refractivity contribution in [2.75, 3.05) is 18.1 Å². The molecule has 102 valence electrons. The van der Waals surface area contributed by atoms with Crippen molar-refractivity contribution < 1.29 is 4.79 Å². The van der Waals surface area contributed by atoms with Gasteiger partial charge in [0.25, 0.3) is 0 Å². The summed E-state index contributed by atoms with van der Waals surface area (Å²) in [5.74, 6) is 2.93. The standard InChI is InChI=1S/C13H28N2OS/c1-6-17-9-11(4)15-12(5)13(16)14-8-7-10(2)3/h10-12,15H,6-9H2,1-5H3,(H,14,16). The van der Waals surface area contributed by atoms with Gasteiger partial charge in [0.2, 0.25) is 5.91 Å². The Kier molecular flexibility index (Phi) is 9.65. The lowest BCUT2D eigenvalue weighted by molar-refractivity contribution is -0.122. The first-order valence-corrected chi connectivity index (χ1v) is 7.74. The summed E-state index contributed by atoms with van der Waals surface area (Å²) in [6.45, 7) is 11.3. The molecule has 2 atom stereocenters. The molecule has 2 N–H and O–H groups in total. The van der Waals surface area contributed by atoms with Crippen molar-refractivity contribution in [2.24, 2.45) is 5.92 Å². The minimum atomic E-state index is -0.102. The Morgan fingerprint density at radius 2 is 1.88 bits per heavy atom. The first-order valence-electron chi connectivity index (χ1n) is 6.58. The fraction of sp³-hybridized carbons (Fsp3) is 0.923. The molecule has 0 saturated heterocycles. The van der Waals surface area contributed by atoms with E-state index < -0.39 is 0 Å².